The number of quaternary nitrogens is 1. The first kappa shape index (κ1) is 22.8. The number of nitrogen functional groups attached to an aromatic ring is 1. The van der Waals surface area contributed by atoms with Gasteiger partial charge in [0, 0.05) is 19.6 Å². The number of aromatic amines is 1. The third kappa shape index (κ3) is 5.62. The van der Waals surface area contributed by atoms with Gasteiger partial charge < -0.3 is 15.4 Å². The first-order valence-corrected chi connectivity index (χ1v) is 10.7. The van der Waals surface area contributed by atoms with Gasteiger partial charge in [-0.2, -0.15) is 0 Å². The Morgan fingerprint density at radius 2 is 2.06 bits per heavy atom. The standard InChI is InChI=1S/C22H31N5O4/c1-16-7-6-10-25(13-16)15-18(28)26(11-12-31-2)19-20(23)27(22(30)24-21(19)29)14-17-8-4-3-5-9-17/h3-5,8-9,16H,6-7,10-15,23H2,1-2H3,(H,24,29,30)/p+1/t16-/m1/s1. The Morgan fingerprint density at radius 1 is 1.32 bits per heavy atom. The van der Waals surface area contributed by atoms with E-state index in [0.717, 1.165) is 25.1 Å². The third-order valence-corrected chi connectivity index (χ3v) is 5.75. The van der Waals surface area contributed by atoms with Gasteiger partial charge in [-0.15, -0.1) is 0 Å². The number of nitrogens with two attached hydrogens (primary N) is 1. The summed E-state index contributed by atoms with van der Waals surface area (Å²) in [4.78, 5) is 43.3. The summed E-state index contributed by atoms with van der Waals surface area (Å²) in [5.74, 6) is 0.331. The van der Waals surface area contributed by atoms with Crippen molar-refractivity contribution < 1.29 is 14.4 Å². The number of benzene rings is 1. The fraction of sp³-hybridized carbons (Fsp3) is 0.500. The lowest BCUT2D eigenvalue weighted by Gasteiger charge is -2.30. The zero-order chi connectivity index (χ0) is 22.4. The number of hydrogen-bond donors (Lipinski definition) is 3. The second-order valence-electron chi connectivity index (χ2n) is 8.23. The molecule has 1 aromatic carbocycles. The number of piperidine rings is 1. The Morgan fingerprint density at radius 3 is 2.74 bits per heavy atom. The second kappa shape index (κ2) is 10.4. The van der Waals surface area contributed by atoms with Crippen molar-refractivity contribution >= 4 is 17.4 Å². The predicted octanol–water partition coefficient (Wildman–Crippen LogP) is -0.539. The molecular formula is C22H32N5O4+. The number of H-pyrrole nitrogens is 1. The molecule has 31 heavy (non-hydrogen) atoms. The Hall–Kier alpha value is -2.91. The third-order valence-electron chi connectivity index (χ3n) is 5.75. The molecule has 1 aromatic heterocycles. The van der Waals surface area contributed by atoms with E-state index in [1.54, 1.807) is 0 Å². The van der Waals surface area contributed by atoms with Crippen LogP contribution < -0.4 is 26.8 Å². The molecule has 1 saturated heterocycles. The van der Waals surface area contributed by atoms with Gasteiger partial charge in [0.1, 0.15) is 5.82 Å². The molecule has 1 aliphatic rings. The molecule has 1 aliphatic heterocycles. The summed E-state index contributed by atoms with van der Waals surface area (Å²) in [5.41, 5.74) is 5.88. The number of likely N-dealkylation sites (tertiary alicyclic amines) is 1. The number of anilines is 2. The zero-order valence-electron chi connectivity index (χ0n) is 18.2. The van der Waals surface area contributed by atoms with Crippen molar-refractivity contribution in [2.75, 3.05) is 50.5 Å². The number of ether oxygens (including phenoxy) is 1. The molecule has 3 rings (SSSR count). The molecule has 0 bridgehead atoms. The minimum absolute atomic E-state index is 0.00189. The van der Waals surface area contributed by atoms with Gasteiger partial charge in [0.15, 0.2) is 12.2 Å². The summed E-state index contributed by atoms with van der Waals surface area (Å²) in [7, 11) is 1.53. The van der Waals surface area contributed by atoms with Crippen LogP contribution in [0.2, 0.25) is 0 Å². The average Bonchev–Trinajstić information content (AvgIpc) is 2.74. The number of nitrogens with one attached hydrogen (secondary N) is 2. The van der Waals surface area contributed by atoms with Crippen LogP contribution in [-0.2, 0) is 16.1 Å². The first-order valence-electron chi connectivity index (χ1n) is 10.7. The van der Waals surface area contributed by atoms with Gasteiger partial charge in [-0.3, -0.25) is 24.0 Å². The van der Waals surface area contributed by atoms with E-state index >= 15 is 0 Å². The lowest BCUT2D eigenvalue weighted by Crippen LogP contribution is -3.14. The van der Waals surface area contributed by atoms with Crippen LogP contribution in [0.5, 0.6) is 0 Å². The minimum atomic E-state index is -0.668. The number of carbonyl (C=O) groups is 1. The number of aromatic nitrogens is 2. The smallest absolute Gasteiger partial charge is 0.330 e. The van der Waals surface area contributed by atoms with Crippen molar-refractivity contribution in [1.29, 1.82) is 0 Å². The lowest BCUT2D eigenvalue weighted by molar-refractivity contribution is -0.900. The number of rotatable bonds is 8. The lowest BCUT2D eigenvalue weighted by atomic mass is 10.0. The highest BCUT2D eigenvalue weighted by molar-refractivity contribution is 5.96. The van der Waals surface area contributed by atoms with Gasteiger partial charge in [0.05, 0.1) is 26.2 Å². The van der Waals surface area contributed by atoms with Crippen molar-refractivity contribution in [2.24, 2.45) is 5.92 Å². The van der Waals surface area contributed by atoms with Crippen LogP contribution in [-0.4, -0.2) is 55.4 Å². The van der Waals surface area contributed by atoms with E-state index in [-0.39, 0.29) is 43.7 Å². The molecule has 9 heteroatoms. The molecule has 0 radical (unpaired) electrons. The minimum Gasteiger partial charge on any atom is -0.383 e. The maximum Gasteiger partial charge on any atom is 0.330 e. The van der Waals surface area contributed by atoms with E-state index in [9.17, 15) is 14.4 Å². The van der Waals surface area contributed by atoms with Gasteiger partial charge in [0.25, 0.3) is 11.5 Å². The van der Waals surface area contributed by atoms with Crippen LogP contribution in [0.15, 0.2) is 39.9 Å². The van der Waals surface area contributed by atoms with Crippen molar-refractivity contribution in [2.45, 2.75) is 26.3 Å². The molecule has 1 amide bonds. The predicted molar refractivity (Wildman–Crippen MR) is 119 cm³/mol. The number of carbonyl (C=O) groups excluding carboxylic acids is 1. The number of nitrogens with zero attached hydrogens (tertiary/aromatic N) is 2. The van der Waals surface area contributed by atoms with Gasteiger partial charge in [-0.05, 0) is 18.4 Å². The van der Waals surface area contributed by atoms with E-state index < -0.39 is 11.2 Å². The quantitative estimate of drug-likeness (QED) is 0.520. The molecule has 9 nitrogen and oxygen atoms in total. The summed E-state index contributed by atoms with van der Waals surface area (Å²) in [5, 5.41) is 0. The van der Waals surface area contributed by atoms with Crippen LogP contribution in [0.4, 0.5) is 11.5 Å². The molecule has 2 atom stereocenters. The van der Waals surface area contributed by atoms with Crippen LogP contribution >= 0.6 is 0 Å². The monoisotopic (exact) mass is 430 g/mol. The van der Waals surface area contributed by atoms with Crippen molar-refractivity contribution in [3.05, 3.63) is 56.7 Å². The topological polar surface area (TPSA) is 115 Å². The van der Waals surface area contributed by atoms with Crippen LogP contribution in [0.3, 0.4) is 0 Å². The SMILES string of the molecule is COCCN(C(=O)C[NH+]1CCC[C@@H](C)C1)c1c(N)n(Cc2ccccc2)c(=O)[nH]c1=O. The molecule has 0 saturated carbocycles. The van der Waals surface area contributed by atoms with E-state index in [0.29, 0.717) is 5.92 Å². The van der Waals surface area contributed by atoms with E-state index in [1.807, 2.05) is 30.3 Å². The second-order valence-corrected chi connectivity index (χ2v) is 8.23. The maximum atomic E-state index is 13.2. The summed E-state index contributed by atoms with van der Waals surface area (Å²) >= 11 is 0. The molecule has 1 unspecified atom stereocenters. The Bertz CT molecular complexity index is 1000. The molecule has 2 heterocycles. The highest BCUT2D eigenvalue weighted by Crippen LogP contribution is 2.18. The van der Waals surface area contributed by atoms with Crippen LogP contribution in [0.1, 0.15) is 25.3 Å². The van der Waals surface area contributed by atoms with Gasteiger partial charge in [0.2, 0.25) is 0 Å². The van der Waals surface area contributed by atoms with Crippen LogP contribution in [0, 0.1) is 5.92 Å². The Balaban J connectivity index is 1.94. The molecular weight excluding hydrogens is 398 g/mol. The molecule has 0 aliphatic carbocycles. The van der Waals surface area contributed by atoms with E-state index in [4.69, 9.17) is 10.5 Å². The van der Waals surface area contributed by atoms with Gasteiger partial charge >= 0.3 is 5.69 Å². The van der Waals surface area contributed by atoms with E-state index in [2.05, 4.69) is 11.9 Å². The molecule has 2 aromatic rings. The fourth-order valence-corrected chi connectivity index (χ4v) is 4.17. The average molecular weight is 431 g/mol. The molecule has 168 valence electrons. The Labute approximate surface area is 181 Å². The zero-order valence-corrected chi connectivity index (χ0v) is 18.2. The summed E-state index contributed by atoms with van der Waals surface area (Å²) in [6.45, 7) is 4.91. The van der Waals surface area contributed by atoms with Crippen molar-refractivity contribution in [1.82, 2.24) is 9.55 Å². The van der Waals surface area contributed by atoms with E-state index in [1.165, 1.54) is 27.9 Å². The molecule has 4 N–H and O–H groups in total. The normalized spacial score (nSPS) is 18.6. The summed E-state index contributed by atoms with van der Waals surface area (Å²) in [6.07, 6.45) is 2.24. The number of methoxy groups -OCH3 is 1. The summed E-state index contributed by atoms with van der Waals surface area (Å²) in [6, 6.07) is 9.33. The maximum absolute atomic E-state index is 13.2. The van der Waals surface area contributed by atoms with Crippen molar-refractivity contribution in [3.8, 4) is 0 Å². The van der Waals surface area contributed by atoms with Crippen molar-refractivity contribution in [3.63, 3.8) is 0 Å². The number of hydrogen-bond acceptors (Lipinski definition) is 5. The molecule has 1 fully saturated rings. The Kier molecular flexibility index (Phi) is 7.64. The highest BCUT2D eigenvalue weighted by Gasteiger charge is 2.29. The molecule has 0 spiro atoms. The summed E-state index contributed by atoms with van der Waals surface area (Å²) < 4.78 is 6.44. The van der Waals surface area contributed by atoms with Gasteiger partial charge in [-0.1, -0.05) is 37.3 Å². The largest absolute Gasteiger partial charge is 0.383 e. The fourth-order valence-electron chi connectivity index (χ4n) is 4.17. The first-order chi connectivity index (χ1) is 14.9. The van der Waals surface area contributed by atoms with Gasteiger partial charge in [-0.25, -0.2) is 4.79 Å². The van der Waals surface area contributed by atoms with Crippen LogP contribution in [0.25, 0.3) is 0 Å². The highest BCUT2D eigenvalue weighted by atomic mass is 16.5. The number of amides is 1.